The van der Waals surface area contributed by atoms with Crippen molar-refractivity contribution >= 4 is 23.3 Å². The van der Waals surface area contributed by atoms with Gasteiger partial charge in [0.05, 0.1) is 17.7 Å². The summed E-state index contributed by atoms with van der Waals surface area (Å²) < 4.78 is 5.11. The summed E-state index contributed by atoms with van der Waals surface area (Å²) in [5, 5.41) is 96.9. The van der Waals surface area contributed by atoms with Gasteiger partial charge in [-0.2, -0.15) is 0 Å². The quantitative estimate of drug-likeness (QED) is 0.0964. The van der Waals surface area contributed by atoms with E-state index in [1.165, 1.54) is 42.5 Å². The Kier molecular flexibility index (Phi) is 8.24. The molecular formula is C24H25ClN2O11. The molecule has 0 heterocycles. The van der Waals surface area contributed by atoms with Gasteiger partial charge in [-0.25, -0.2) is 4.79 Å². The average Bonchev–Trinajstić information content (AvgIpc) is 2.85. The minimum Gasteiger partial charge on any atom is -0.505 e. The number of hydrogen-bond donors (Lipinski definition) is 11. The maximum Gasteiger partial charge on any atom is 0.335 e. The maximum atomic E-state index is 11.3. The minimum absolute atomic E-state index is 0.105. The Morgan fingerprint density at radius 2 is 1.61 bits per heavy atom. The third-order valence-electron chi connectivity index (χ3n) is 5.47. The lowest BCUT2D eigenvalue weighted by Crippen LogP contribution is -2.58. The van der Waals surface area contributed by atoms with Crippen LogP contribution in [0.25, 0.3) is 11.1 Å². The topological polar surface area (TPSA) is 232 Å². The zero-order valence-electron chi connectivity index (χ0n) is 19.6. The van der Waals surface area contributed by atoms with Crippen LogP contribution in [0.2, 0.25) is 5.02 Å². The number of phenols is 4. The van der Waals surface area contributed by atoms with E-state index >= 15 is 0 Å². The number of hydrogen-bond acceptors (Lipinski definition) is 12. The lowest BCUT2D eigenvalue weighted by atomic mass is 9.99. The molecule has 0 aliphatic rings. The molecule has 13 nitrogen and oxygen atoms in total. The number of nitrogens with one attached hydrogen (secondary N) is 2. The first-order valence-electron chi connectivity index (χ1n) is 10.7. The summed E-state index contributed by atoms with van der Waals surface area (Å²) in [4.78, 5) is 11.3. The molecule has 38 heavy (non-hydrogen) atoms. The molecule has 204 valence electrons. The molecule has 0 saturated carbocycles. The van der Waals surface area contributed by atoms with Crippen molar-refractivity contribution in [2.75, 3.05) is 19.0 Å². The third-order valence-corrected chi connectivity index (χ3v) is 5.70. The first-order valence-corrected chi connectivity index (χ1v) is 11.1. The molecule has 0 saturated heterocycles. The zero-order valence-corrected chi connectivity index (χ0v) is 20.4. The Bertz CT molecular complexity index is 1350. The smallest absolute Gasteiger partial charge is 0.335 e. The molecule has 14 heteroatoms. The van der Waals surface area contributed by atoms with E-state index in [1.54, 1.807) is 0 Å². The van der Waals surface area contributed by atoms with Crippen molar-refractivity contribution in [2.45, 2.75) is 17.9 Å². The van der Waals surface area contributed by atoms with E-state index in [4.69, 9.17) is 16.3 Å². The first-order chi connectivity index (χ1) is 17.7. The van der Waals surface area contributed by atoms with Crippen LogP contribution in [0.4, 0.5) is 5.69 Å². The number of aromatic hydroxyl groups is 4. The normalized spacial score (nSPS) is 12.8. The highest BCUT2D eigenvalue weighted by molar-refractivity contribution is 6.30. The van der Waals surface area contributed by atoms with Gasteiger partial charge in [-0.3, -0.25) is 5.32 Å². The number of carboxylic acid groups (broad SMARTS) is 1. The second-order valence-corrected chi connectivity index (χ2v) is 8.66. The Hall–Kier alpha value is -3.82. The summed E-state index contributed by atoms with van der Waals surface area (Å²) in [6.45, 7) is -1.08. The van der Waals surface area contributed by atoms with Gasteiger partial charge in [-0.05, 0) is 35.4 Å². The number of carbonyl (C=O) groups is 1. The second kappa shape index (κ2) is 10.9. The zero-order chi connectivity index (χ0) is 28.4. The molecule has 11 N–H and O–H groups in total. The largest absolute Gasteiger partial charge is 0.505 e. The minimum atomic E-state index is -3.14. The molecule has 0 spiro atoms. The fourth-order valence-corrected chi connectivity index (χ4v) is 3.89. The molecule has 0 aromatic heterocycles. The molecule has 1 unspecified atom stereocenters. The van der Waals surface area contributed by atoms with Crippen molar-refractivity contribution in [2.24, 2.45) is 0 Å². The maximum absolute atomic E-state index is 11.3. The molecule has 0 bridgehead atoms. The van der Waals surface area contributed by atoms with Gasteiger partial charge in [0.1, 0.15) is 5.69 Å². The van der Waals surface area contributed by atoms with Gasteiger partial charge in [0.15, 0.2) is 23.4 Å². The number of ether oxygens (including phenoxy) is 1. The number of halogens is 1. The summed E-state index contributed by atoms with van der Waals surface area (Å²) in [7, 11) is 1.16. The van der Waals surface area contributed by atoms with Crippen LogP contribution in [0.15, 0.2) is 48.5 Å². The van der Waals surface area contributed by atoms with Crippen molar-refractivity contribution in [3.63, 3.8) is 0 Å². The van der Waals surface area contributed by atoms with E-state index in [1.807, 2.05) is 5.32 Å². The number of carboxylic acids is 1. The van der Waals surface area contributed by atoms with Gasteiger partial charge in [0.25, 0.3) is 11.8 Å². The van der Waals surface area contributed by atoms with Crippen LogP contribution < -0.4 is 10.6 Å². The van der Waals surface area contributed by atoms with E-state index in [-0.39, 0.29) is 21.7 Å². The molecule has 3 rings (SSSR count). The van der Waals surface area contributed by atoms with Crippen molar-refractivity contribution in [3.8, 4) is 34.1 Å². The summed E-state index contributed by atoms with van der Waals surface area (Å²) in [5.41, 5.74) is -1.55. The van der Waals surface area contributed by atoms with E-state index < -0.39 is 64.7 Å². The van der Waals surface area contributed by atoms with Gasteiger partial charge in [-0.1, -0.05) is 35.9 Å². The van der Waals surface area contributed by atoms with Crippen LogP contribution in [0.3, 0.4) is 0 Å². The monoisotopic (exact) mass is 552 g/mol. The van der Waals surface area contributed by atoms with Crippen molar-refractivity contribution < 1.29 is 55.5 Å². The van der Waals surface area contributed by atoms with E-state index in [0.29, 0.717) is 0 Å². The summed E-state index contributed by atoms with van der Waals surface area (Å²) in [6, 6.07) is 10.8. The molecule has 0 radical (unpaired) electrons. The van der Waals surface area contributed by atoms with Crippen LogP contribution in [-0.2, 0) is 4.74 Å². The standard InChI is InChI=1S/C24H25ClN2O11/c1-38-21(12-5-3-7-14(25)9-12)24(36,37)26-10-23(34,35)27-16-17(28)15(18(29)20(31)19(16)30)11-4-2-6-13(8-11)22(32)33/h2-9,21,26-31,34-37H,10H2,1H3,(H,32,33). The predicted octanol–water partition coefficient (Wildman–Crippen LogP) is 1.19. The number of benzene rings is 3. The van der Waals surface area contributed by atoms with Crippen LogP contribution in [0.5, 0.6) is 23.0 Å². The Morgan fingerprint density at radius 3 is 2.21 bits per heavy atom. The fraction of sp³-hybridized carbons (Fsp3) is 0.208. The Balaban J connectivity index is 1.92. The Labute approximate surface area is 220 Å². The van der Waals surface area contributed by atoms with E-state index in [9.17, 15) is 50.8 Å². The molecule has 3 aromatic rings. The number of rotatable bonds is 10. The van der Waals surface area contributed by atoms with Gasteiger partial charge >= 0.3 is 5.97 Å². The van der Waals surface area contributed by atoms with E-state index in [2.05, 4.69) is 5.32 Å². The van der Waals surface area contributed by atoms with Crippen LogP contribution >= 0.6 is 11.6 Å². The van der Waals surface area contributed by atoms with Crippen molar-refractivity contribution in [1.29, 1.82) is 0 Å². The molecule has 0 amide bonds. The molecule has 0 aliphatic heterocycles. The van der Waals surface area contributed by atoms with Crippen molar-refractivity contribution in [1.82, 2.24) is 5.32 Å². The van der Waals surface area contributed by atoms with Gasteiger partial charge in [0.2, 0.25) is 5.75 Å². The van der Waals surface area contributed by atoms with Gasteiger partial charge in [0, 0.05) is 12.1 Å². The highest BCUT2D eigenvalue weighted by Crippen LogP contribution is 2.54. The van der Waals surface area contributed by atoms with E-state index in [0.717, 1.165) is 13.2 Å². The lowest BCUT2D eigenvalue weighted by molar-refractivity contribution is -0.266. The molecule has 0 fully saturated rings. The number of aliphatic hydroxyl groups is 4. The molecule has 1 atom stereocenters. The SMILES string of the molecule is COC(c1cccc(Cl)c1)C(O)(O)NCC(O)(O)Nc1c(O)c(O)c(O)c(-c2cccc(C(=O)O)c2)c1O. The van der Waals surface area contributed by atoms with Crippen LogP contribution in [0, 0.1) is 0 Å². The van der Waals surface area contributed by atoms with Gasteiger partial charge in [-0.15, -0.1) is 0 Å². The van der Waals surface area contributed by atoms with Crippen LogP contribution in [0.1, 0.15) is 22.0 Å². The Morgan fingerprint density at radius 1 is 0.947 bits per heavy atom. The van der Waals surface area contributed by atoms with Gasteiger partial charge < -0.3 is 56.0 Å². The highest BCUT2D eigenvalue weighted by Gasteiger charge is 2.39. The second-order valence-electron chi connectivity index (χ2n) is 8.22. The molecular weight excluding hydrogens is 528 g/mol. The predicted molar refractivity (Wildman–Crippen MR) is 133 cm³/mol. The third kappa shape index (κ3) is 6.00. The average molecular weight is 553 g/mol. The number of methoxy groups -OCH3 is 1. The number of anilines is 1. The summed E-state index contributed by atoms with van der Waals surface area (Å²) in [6.07, 6.45) is -1.47. The number of aromatic carboxylic acids is 1. The molecule has 3 aromatic carbocycles. The van der Waals surface area contributed by atoms with Crippen LogP contribution in [-0.4, -0.2) is 77.4 Å². The highest BCUT2D eigenvalue weighted by atomic mass is 35.5. The van der Waals surface area contributed by atoms with Crippen molar-refractivity contribution in [3.05, 3.63) is 64.7 Å². The lowest BCUT2D eigenvalue weighted by Gasteiger charge is -2.34. The molecule has 0 aliphatic carbocycles. The summed E-state index contributed by atoms with van der Waals surface area (Å²) in [5.74, 6) is -11.8. The first kappa shape index (κ1) is 28.7. The summed E-state index contributed by atoms with van der Waals surface area (Å²) >= 11 is 5.93. The fourth-order valence-electron chi connectivity index (χ4n) is 3.69. The number of phenolic OH excluding ortho intramolecular Hbond substituents is 4.